The lowest BCUT2D eigenvalue weighted by Gasteiger charge is -2.28. The minimum Gasteiger partial charge on any atom is -0.479 e. The molecule has 1 N–H and O–H groups in total. The fourth-order valence-corrected chi connectivity index (χ4v) is 6.01. The highest BCUT2D eigenvalue weighted by atomic mass is 35.5. The molecule has 196 valence electrons. The third-order valence-corrected chi connectivity index (χ3v) is 7.74. The zero-order chi connectivity index (χ0) is 27.4. The largest absolute Gasteiger partial charge is 0.479 e. The van der Waals surface area contributed by atoms with E-state index >= 15 is 0 Å². The second-order valence-corrected chi connectivity index (χ2v) is 12.2. The Kier molecular flexibility index (Phi) is 6.80. The number of ether oxygens (including phenoxy) is 1. The van der Waals surface area contributed by atoms with E-state index in [0.29, 0.717) is 10.6 Å². The van der Waals surface area contributed by atoms with Crippen LogP contribution in [0.5, 0.6) is 0 Å². The van der Waals surface area contributed by atoms with Gasteiger partial charge in [-0.1, -0.05) is 23.7 Å². The van der Waals surface area contributed by atoms with Crippen LogP contribution in [0.2, 0.25) is 5.02 Å². The molecule has 0 amide bonds. The van der Waals surface area contributed by atoms with Gasteiger partial charge in [-0.2, -0.15) is 5.10 Å². The number of thiazole rings is 1. The summed E-state index contributed by atoms with van der Waals surface area (Å²) in [5.74, 6) is -1.03. The van der Waals surface area contributed by atoms with E-state index in [-0.39, 0.29) is 6.04 Å². The van der Waals surface area contributed by atoms with Crippen molar-refractivity contribution < 1.29 is 14.6 Å². The van der Waals surface area contributed by atoms with Crippen molar-refractivity contribution in [3.63, 3.8) is 0 Å². The van der Waals surface area contributed by atoms with E-state index in [1.165, 1.54) is 0 Å². The number of benzene rings is 3. The van der Waals surface area contributed by atoms with Gasteiger partial charge in [-0.25, -0.2) is 9.78 Å². The number of carboxylic acid groups (broad SMARTS) is 1. The maximum atomic E-state index is 12.5. The van der Waals surface area contributed by atoms with E-state index < -0.39 is 17.7 Å². The van der Waals surface area contributed by atoms with E-state index in [1.807, 2.05) is 68.9 Å². The number of aromatic nitrogens is 3. The average molecular weight is 548 g/mol. The number of carboxylic acids is 1. The van der Waals surface area contributed by atoms with E-state index in [9.17, 15) is 9.90 Å². The molecule has 0 spiro atoms. The normalized spacial score (nSPS) is 13.1. The SMILES string of the molecule is Cc1cc2nc(-c3ccc4c(cnn4C(C)C)c3)sc2c(-c2ccc(Cl)cc2)c1C(OC(C)(C)C)C(=O)O. The lowest BCUT2D eigenvalue weighted by molar-refractivity contribution is -0.160. The van der Waals surface area contributed by atoms with Crippen LogP contribution in [-0.4, -0.2) is 31.4 Å². The van der Waals surface area contributed by atoms with E-state index in [4.69, 9.17) is 21.3 Å². The first kappa shape index (κ1) is 26.4. The van der Waals surface area contributed by atoms with Crippen molar-refractivity contribution in [2.75, 3.05) is 0 Å². The van der Waals surface area contributed by atoms with Gasteiger partial charge in [0.05, 0.1) is 27.5 Å². The van der Waals surface area contributed by atoms with Crippen LogP contribution in [0.15, 0.2) is 54.7 Å². The van der Waals surface area contributed by atoms with Crippen molar-refractivity contribution >= 4 is 50.0 Å². The van der Waals surface area contributed by atoms with Gasteiger partial charge in [0.15, 0.2) is 6.10 Å². The summed E-state index contributed by atoms with van der Waals surface area (Å²) >= 11 is 7.75. The first-order valence-corrected chi connectivity index (χ1v) is 13.7. The molecule has 5 aromatic rings. The molecule has 3 aromatic carbocycles. The molecule has 0 radical (unpaired) electrons. The predicted molar refractivity (Wildman–Crippen MR) is 155 cm³/mol. The average Bonchev–Trinajstić information content (AvgIpc) is 3.45. The fraction of sp³-hybridized carbons (Fsp3) is 0.300. The number of nitrogens with zero attached hydrogens (tertiary/aromatic N) is 3. The topological polar surface area (TPSA) is 77.2 Å². The van der Waals surface area contributed by atoms with Crippen molar-refractivity contribution in [3.05, 3.63) is 70.9 Å². The number of fused-ring (bicyclic) bond motifs is 2. The first-order valence-electron chi connectivity index (χ1n) is 12.5. The maximum Gasteiger partial charge on any atom is 0.337 e. The van der Waals surface area contributed by atoms with Crippen LogP contribution >= 0.6 is 22.9 Å². The molecular formula is C30H30ClN3O3S. The van der Waals surface area contributed by atoms with Gasteiger partial charge in [-0.05, 0) is 89.1 Å². The van der Waals surface area contributed by atoms with Gasteiger partial charge in [0.2, 0.25) is 0 Å². The Labute approximate surface area is 230 Å². The van der Waals surface area contributed by atoms with Crippen LogP contribution in [0.1, 0.15) is 57.9 Å². The minimum absolute atomic E-state index is 0.265. The lowest BCUT2D eigenvalue weighted by atomic mass is 9.91. The lowest BCUT2D eigenvalue weighted by Crippen LogP contribution is -2.28. The molecule has 1 atom stereocenters. The number of carbonyl (C=O) groups is 1. The Bertz CT molecular complexity index is 1660. The molecule has 5 rings (SSSR count). The maximum absolute atomic E-state index is 12.5. The third kappa shape index (κ3) is 4.94. The number of aryl methyl sites for hydroxylation is 1. The summed E-state index contributed by atoms with van der Waals surface area (Å²) in [5.41, 5.74) is 5.34. The van der Waals surface area contributed by atoms with Gasteiger partial charge < -0.3 is 9.84 Å². The van der Waals surface area contributed by atoms with Crippen LogP contribution in [0.25, 0.3) is 42.8 Å². The van der Waals surface area contributed by atoms with Crippen LogP contribution in [-0.2, 0) is 9.53 Å². The molecule has 0 aliphatic rings. The highest BCUT2D eigenvalue weighted by molar-refractivity contribution is 7.22. The fourth-order valence-electron chi connectivity index (χ4n) is 4.76. The van der Waals surface area contributed by atoms with Crippen LogP contribution in [0.4, 0.5) is 0 Å². The molecule has 0 bridgehead atoms. The van der Waals surface area contributed by atoms with Crippen molar-refractivity contribution in [3.8, 4) is 21.7 Å². The number of halogens is 1. The quantitative estimate of drug-likeness (QED) is 0.231. The molecule has 0 aliphatic heterocycles. The van der Waals surface area contributed by atoms with Gasteiger partial charge >= 0.3 is 5.97 Å². The second-order valence-electron chi connectivity index (χ2n) is 10.8. The molecule has 38 heavy (non-hydrogen) atoms. The Balaban J connectivity index is 1.75. The molecule has 6 nitrogen and oxygen atoms in total. The molecule has 2 heterocycles. The monoisotopic (exact) mass is 547 g/mol. The van der Waals surface area contributed by atoms with Crippen LogP contribution in [0, 0.1) is 6.92 Å². The highest BCUT2D eigenvalue weighted by Gasteiger charge is 2.32. The van der Waals surface area contributed by atoms with Crippen molar-refractivity contribution in [2.45, 2.75) is 59.3 Å². The number of aliphatic carboxylic acids is 1. The van der Waals surface area contributed by atoms with Crippen molar-refractivity contribution in [1.82, 2.24) is 14.8 Å². The standard InChI is InChI=1S/C30H30ClN3O3S/c1-16(2)34-23-12-9-19(14-20(23)15-32-34)28-33-22-13-17(3)24(26(29(35)36)37-30(4,5)6)25(27(22)38-28)18-7-10-21(31)11-8-18/h7-16,26H,1-6H3,(H,35,36). The van der Waals surface area contributed by atoms with Crippen LogP contribution < -0.4 is 0 Å². The minimum atomic E-state index is -1.14. The highest BCUT2D eigenvalue weighted by Crippen LogP contribution is 2.44. The van der Waals surface area contributed by atoms with Crippen LogP contribution in [0.3, 0.4) is 0 Å². The molecule has 2 aromatic heterocycles. The summed E-state index contributed by atoms with van der Waals surface area (Å²) in [5, 5.41) is 17.3. The molecule has 0 fully saturated rings. The summed E-state index contributed by atoms with van der Waals surface area (Å²) in [6.45, 7) is 11.7. The number of hydrogen-bond acceptors (Lipinski definition) is 5. The molecule has 0 aliphatic carbocycles. The predicted octanol–water partition coefficient (Wildman–Crippen LogP) is 8.46. The summed E-state index contributed by atoms with van der Waals surface area (Å²) in [4.78, 5) is 17.5. The van der Waals surface area contributed by atoms with Gasteiger partial charge in [-0.3, -0.25) is 4.68 Å². The third-order valence-electron chi connectivity index (χ3n) is 6.35. The summed E-state index contributed by atoms with van der Waals surface area (Å²) in [7, 11) is 0. The Hall–Kier alpha value is -3.26. The molecule has 0 saturated heterocycles. The Morgan fingerprint density at radius 1 is 1.08 bits per heavy atom. The van der Waals surface area contributed by atoms with Gasteiger partial charge in [0.25, 0.3) is 0 Å². The molecular weight excluding hydrogens is 518 g/mol. The molecule has 0 saturated carbocycles. The smallest absolute Gasteiger partial charge is 0.337 e. The summed E-state index contributed by atoms with van der Waals surface area (Å²) in [6.07, 6.45) is 0.739. The summed E-state index contributed by atoms with van der Waals surface area (Å²) in [6, 6.07) is 16.0. The Morgan fingerprint density at radius 2 is 1.76 bits per heavy atom. The zero-order valence-corrected chi connectivity index (χ0v) is 23.8. The Morgan fingerprint density at radius 3 is 2.39 bits per heavy atom. The second kappa shape index (κ2) is 9.80. The van der Waals surface area contributed by atoms with E-state index in [1.54, 1.807) is 11.3 Å². The van der Waals surface area contributed by atoms with Gasteiger partial charge in [0.1, 0.15) is 5.01 Å². The van der Waals surface area contributed by atoms with E-state index in [0.717, 1.165) is 48.4 Å². The first-order chi connectivity index (χ1) is 17.9. The molecule has 1 unspecified atom stereocenters. The van der Waals surface area contributed by atoms with Crippen molar-refractivity contribution in [1.29, 1.82) is 0 Å². The van der Waals surface area contributed by atoms with E-state index in [2.05, 4.69) is 37.1 Å². The number of hydrogen-bond donors (Lipinski definition) is 1. The molecule has 8 heteroatoms. The number of rotatable bonds is 6. The van der Waals surface area contributed by atoms with Gasteiger partial charge in [0, 0.05) is 33.1 Å². The zero-order valence-electron chi connectivity index (χ0n) is 22.2. The summed E-state index contributed by atoms with van der Waals surface area (Å²) < 4.78 is 9.03. The van der Waals surface area contributed by atoms with Crippen molar-refractivity contribution in [2.24, 2.45) is 0 Å². The van der Waals surface area contributed by atoms with Gasteiger partial charge in [-0.15, -0.1) is 11.3 Å².